The summed E-state index contributed by atoms with van der Waals surface area (Å²) in [6.07, 6.45) is 1.95. The first-order valence-electron chi connectivity index (χ1n) is 6.69. The summed E-state index contributed by atoms with van der Waals surface area (Å²) in [4.78, 5) is 12.6. The average molecular weight is 289 g/mol. The summed E-state index contributed by atoms with van der Waals surface area (Å²) in [5, 5.41) is 1.31. The van der Waals surface area contributed by atoms with Crippen LogP contribution in [0, 0.1) is 0 Å². The summed E-state index contributed by atoms with van der Waals surface area (Å²) in [7, 11) is -3.45. The topological polar surface area (TPSA) is 17.1 Å². The van der Waals surface area contributed by atoms with Crippen molar-refractivity contribution in [1.29, 1.82) is 0 Å². The highest BCUT2D eigenvalue weighted by molar-refractivity contribution is 7.10. The van der Waals surface area contributed by atoms with Gasteiger partial charge in [0.1, 0.15) is 13.5 Å². The van der Waals surface area contributed by atoms with Crippen LogP contribution in [0.1, 0.15) is 5.56 Å². The lowest BCUT2D eigenvalue weighted by Gasteiger charge is -2.23. The number of carbonyl (C=O) groups excluding carboxylic acids is 1. The second kappa shape index (κ2) is 5.87. The molecule has 0 fully saturated rings. The van der Waals surface area contributed by atoms with Gasteiger partial charge < -0.3 is 4.79 Å². The van der Waals surface area contributed by atoms with E-state index in [2.05, 4.69) is 45.0 Å². The SMILES string of the molecule is C[Si](C)(C)C(=O)C(=C=Cc1ccccc1)[Si](C)(C)C. The minimum atomic E-state index is -1.80. The molecule has 0 atom stereocenters. The van der Waals surface area contributed by atoms with Gasteiger partial charge in [-0.2, -0.15) is 0 Å². The number of carbonyl (C=O) groups is 1. The van der Waals surface area contributed by atoms with Crippen LogP contribution >= 0.6 is 0 Å². The molecule has 1 nitrogen and oxygen atoms in total. The van der Waals surface area contributed by atoms with E-state index in [0.717, 1.165) is 10.8 Å². The molecule has 0 aliphatic heterocycles. The smallest absolute Gasteiger partial charge is 0.139 e. The molecule has 0 saturated heterocycles. The Bertz CT molecular complexity index is 510. The third kappa shape index (κ3) is 4.79. The molecular weight excluding hydrogens is 264 g/mol. The second-order valence-electron chi connectivity index (χ2n) is 6.90. The van der Waals surface area contributed by atoms with Crippen molar-refractivity contribution in [1.82, 2.24) is 0 Å². The van der Waals surface area contributed by atoms with Gasteiger partial charge >= 0.3 is 0 Å². The van der Waals surface area contributed by atoms with E-state index in [-0.39, 0.29) is 0 Å². The molecule has 0 heterocycles. The Balaban J connectivity index is 3.27. The van der Waals surface area contributed by atoms with E-state index in [1.54, 1.807) is 0 Å². The van der Waals surface area contributed by atoms with Crippen LogP contribution in [0.2, 0.25) is 39.3 Å². The van der Waals surface area contributed by atoms with Crippen LogP contribution in [-0.2, 0) is 4.79 Å². The first kappa shape index (κ1) is 15.9. The Kier molecular flexibility index (Phi) is 4.91. The predicted octanol–water partition coefficient (Wildman–Crippen LogP) is 4.55. The predicted molar refractivity (Wildman–Crippen MR) is 89.6 cm³/mol. The zero-order valence-electron chi connectivity index (χ0n) is 12.9. The fraction of sp³-hybridized carbons (Fsp3) is 0.375. The maximum absolute atomic E-state index is 12.6. The molecular formula is C16H24OSi2. The van der Waals surface area contributed by atoms with Crippen molar-refractivity contribution in [3.63, 3.8) is 0 Å². The summed E-state index contributed by atoms with van der Waals surface area (Å²) in [6.45, 7) is 13.0. The number of benzene rings is 1. The molecule has 102 valence electrons. The Morgan fingerprint density at radius 3 is 1.89 bits per heavy atom. The molecule has 19 heavy (non-hydrogen) atoms. The van der Waals surface area contributed by atoms with E-state index in [9.17, 15) is 4.79 Å². The number of allylic oxidation sites excluding steroid dienone is 1. The van der Waals surface area contributed by atoms with Crippen molar-refractivity contribution in [2.75, 3.05) is 0 Å². The van der Waals surface area contributed by atoms with E-state index in [4.69, 9.17) is 0 Å². The Hall–Kier alpha value is -1.16. The molecule has 0 amide bonds. The van der Waals surface area contributed by atoms with E-state index in [0.29, 0.717) is 5.41 Å². The molecule has 0 bridgehead atoms. The van der Waals surface area contributed by atoms with Crippen molar-refractivity contribution in [3.05, 3.63) is 46.8 Å². The zero-order chi connectivity index (χ0) is 14.7. The normalized spacial score (nSPS) is 11.7. The lowest BCUT2D eigenvalue weighted by atomic mass is 10.2. The van der Waals surface area contributed by atoms with Crippen LogP contribution in [0.3, 0.4) is 0 Å². The molecule has 1 aromatic carbocycles. The van der Waals surface area contributed by atoms with Crippen LogP contribution < -0.4 is 0 Å². The number of rotatable bonds is 4. The highest BCUT2D eigenvalue weighted by Crippen LogP contribution is 2.20. The van der Waals surface area contributed by atoms with Crippen LogP contribution in [0.4, 0.5) is 0 Å². The molecule has 0 radical (unpaired) electrons. The van der Waals surface area contributed by atoms with Crippen molar-refractivity contribution >= 4 is 27.6 Å². The van der Waals surface area contributed by atoms with Gasteiger partial charge in [0, 0.05) is 5.20 Å². The van der Waals surface area contributed by atoms with Gasteiger partial charge in [-0.3, -0.25) is 0 Å². The molecule has 0 aliphatic carbocycles. The fourth-order valence-electron chi connectivity index (χ4n) is 1.70. The van der Waals surface area contributed by atoms with Gasteiger partial charge in [0.15, 0.2) is 0 Å². The van der Waals surface area contributed by atoms with E-state index >= 15 is 0 Å². The molecule has 3 heteroatoms. The summed E-state index contributed by atoms with van der Waals surface area (Å²) in [5.74, 6) is 0. The quantitative estimate of drug-likeness (QED) is 0.451. The molecule has 0 aromatic heterocycles. The molecule has 1 aromatic rings. The maximum Gasteiger partial charge on any atom is 0.139 e. The molecule has 1 rings (SSSR count). The molecule has 0 spiro atoms. The second-order valence-corrected chi connectivity index (χ2v) is 16.9. The Labute approximate surface area is 119 Å². The van der Waals surface area contributed by atoms with Crippen molar-refractivity contribution in [2.45, 2.75) is 39.3 Å². The standard InChI is InChI=1S/C16H24OSi2/c1-18(2,3)15(16(17)19(4,5)6)13-12-14-10-8-7-9-11-14/h7-12H,1-6H3. The molecule has 0 unspecified atom stereocenters. The summed E-state index contributed by atoms with van der Waals surface area (Å²) >= 11 is 0. The molecule has 0 aliphatic rings. The minimum absolute atomic E-state index is 0.360. The summed E-state index contributed by atoms with van der Waals surface area (Å²) in [5.41, 5.74) is 4.42. The number of hydrogen-bond donors (Lipinski definition) is 0. The van der Waals surface area contributed by atoms with Gasteiger partial charge in [-0.15, -0.1) is 5.73 Å². The van der Waals surface area contributed by atoms with Crippen LogP contribution in [0.15, 0.2) is 41.3 Å². The lowest BCUT2D eigenvalue weighted by Crippen LogP contribution is -2.42. The fourth-order valence-corrected chi connectivity index (χ4v) is 5.96. The first-order valence-corrected chi connectivity index (χ1v) is 13.7. The number of hydrogen-bond acceptors (Lipinski definition) is 1. The zero-order valence-corrected chi connectivity index (χ0v) is 14.9. The highest BCUT2D eigenvalue weighted by atomic mass is 28.3. The van der Waals surface area contributed by atoms with Crippen LogP contribution in [-0.4, -0.2) is 21.6 Å². The average Bonchev–Trinajstić information content (AvgIpc) is 2.27. The van der Waals surface area contributed by atoms with Gasteiger partial charge in [-0.25, -0.2) is 0 Å². The Morgan fingerprint density at radius 1 is 0.947 bits per heavy atom. The van der Waals surface area contributed by atoms with Gasteiger partial charge in [-0.05, 0) is 11.6 Å². The highest BCUT2D eigenvalue weighted by Gasteiger charge is 2.34. The van der Waals surface area contributed by atoms with Crippen molar-refractivity contribution < 1.29 is 4.79 Å². The molecule has 0 saturated carbocycles. The van der Waals surface area contributed by atoms with Crippen LogP contribution in [0.5, 0.6) is 0 Å². The van der Waals surface area contributed by atoms with Gasteiger partial charge in [0.05, 0.1) is 8.07 Å². The lowest BCUT2D eigenvalue weighted by molar-refractivity contribution is -0.109. The molecule has 0 N–H and O–H groups in total. The summed E-state index contributed by atoms with van der Waals surface area (Å²) < 4.78 is 0. The van der Waals surface area contributed by atoms with Crippen LogP contribution in [0.25, 0.3) is 6.08 Å². The van der Waals surface area contributed by atoms with Gasteiger partial charge in [0.25, 0.3) is 0 Å². The van der Waals surface area contributed by atoms with E-state index in [1.807, 2.05) is 36.4 Å². The van der Waals surface area contributed by atoms with E-state index in [1.165, 1.54) is 0 Å². The monoisotopic (exact) mass is 288 g/mol. The Morgan fingerprint density at radius 2 is 1.47 bits per heavy atom. The van der Waals surface area contributed by atoms with E-state index < -0.39 is 16.1 Å². The largest absolute Gasteiger partial charge is 0.300 e. The third-order valence-corrected chi connectivity index (χ3v) is 6.57. The minimum Gasteiger partial charge on any atom is -0.300 e. The van der Waals surface area contributed by atoms with Gasteiger partial charge in [-0.1, -0.05) is 69.6 Å². The summed E-state index contributed by atoms with van der Waals surface area (Å²) in [6, 6.07) is 10.1. The maximum atomic E-state index is 12.6. The van der Waals surface area contributed by atoms with Gasteiger partial charge in [0.2, 0.25) is 0 Å². The first-order chi connectivity index (χ1) is 8.62. The third-order valence-electron chi connectivity index (χ3n) is 2.84. The van der Waals surface area contributed by atoms with Crippen molar-refractivity contribution in [3.8, 4) is 0 Å². The van der Waals surface area contributed by atoms with Crippen molar-refractivity contribution in [2.24, 2.45) is 0 Å².